The molecule has 0 aromatic rings. The van der Waals surface area contributed by atoms with Gasteiger partial charge in [-0.25, -0.2) is 0 Å². The van der Waals surface area contributed by atoms with Crippen LogP contribution in [0.15, 0.2) is 4.99 Å². The number of likely N-dealkylation sites (tertiary alicyclic amines) is 1. The van der Waals surface area contributed by atoms with Crippen LogP contribution in [-0.4, -0.2) is 48.3 Å². The van der Waals surface area contributed by atoms with Crippen molar-refractivity contribution in [2.75, 3.05) is 19.6 Å². The molecule has 6 nitrogen and oxygen atoms in total. The highest BCUT2D eigenvalue weighted by molar-refractivity contribution is 14.0. The van der Waals surface area contributed by atoms with Crippen LogP contribution >= 0.6 is 24.0 Å². The van der Waals surface area contributed by atoms with E-state index in [2.05, 4.69) is 22.5 Å². The van der Waals surface area contributed by atoms with Crippen molar-refractivity contribution in [3.8, 4) is 0 Å². The van der Waals surface area contributed by atoms with E-state index in [0.717, 1.165) is 18.4 Å². The molecule has 1 saturated carbocycles. The summed E-state index contributed by atoms with van der Waals surface area (Å²) in [7, 11) is 0. The van der Waals surface area contributed by atoms with Gasteiger partial charge in [0.15, 0.2) is 5.96 Å². The van der Waals surface area contributed by atoms with Gasteiger partial charge in [0, 0.05) is 32.0 Å². The highest BCUT2D eigenvalue weighted by atomic mass is 127. The molecule has 2 rings (SSSR count). The average molecular weight is 464 g/mol. The Morgan fingerprint density at radius 1 is 1.12 bits per heavy atom. The Kier molecular flexibility index (Phi) is 10.4. The second-order valence-corrected chi connectivity index (χ2v) is 6.82. The lowest BCUT2D eigenvalue weighted by molar-refractivity contribution is -0.147. The first kappa shape index (κ1) is 22.2. The molecule has 25 heavy (non-hydrogen) atoms. The molecule has 0 radical (unpaired) electrons. The first-order valence-corrected chi connectivity index (χ1v) is 9.52. The molecule has 1 heterocycles. The van der Waals surface area contributed by atoms with Gasteiger partial charge in [-0.05, 0) is 44.9 Å². The zero-order valence-corrected chi connectivity index (χ0v) is 17.9. The van der Waals surface area contributed by atoms with E-state index in [0.29, 0.717) is 38.4 Å². The van der Waals surface area contributed by atoms with Crippen LogP contribution in [0.3, 0.4) is 0 Å². The number of guanidine groups is 1. The van der Waals surface area contributed by atoms with Crippen LogP contribution in [-0.2, 0) is 9.59 Å². The van der Waals surface area contributed by atoms with Crippen molar-refractivity contribution in [1.82, 2.24) is 15.5 Å². The molecule has 144 valence electrons. The number of carbonyl (C=O) groups excluding carboxylic acids is 2. The van der Waals surface area contributed by atoms with E-state index in [1.54, 1.807) is 0 Å². The number of aliphatic imine (C=N–C) groups is 1. The molecule has 7 heteroatoms. The molecule has 0 bridgehead atoms. The maximum absolute atomic E-state index is 11.8. The van der Waals surface area contributed by atoms with Crippen LogP contribution in [0.4, 0.5) is 0 Å². The van der Waals surface area contributed by atoms with Gasteiger partial charge < -0.3 is 10.6 Å². The summed E-state index contributed by atoms with van der Waals surface area (Å²) in [5, 5.41) is 6.78. The van der Waals surface area contributed by atoms with E-state index < -0.39 is 0 Å². The zero-order valence-electron chi connectivity index (χ0n) is 15.6. The number of imide groups is 1. The summed E-state index contributed by atoms with van der Waals surface area (Å²) in [5.74, 6) is 1.56. The lowest BCUT2D eigenvalue weighted by Gasteiger charge is -2.29. The largest absolute Gasteiger partial charge is 0.357 e. The van der Waals surface area contributed by atoms with Crippen molar-refractivity contribution < 1.29 is 9.59 Å². The molecule has 0 spiro atoms. The first-order chi connectivity index (χ1) is 11.6. The quantitative estimate of drug-likeness (QED) is 0.275. The number of piperidine rings is 1. The van der Waals surface area contributed by atoms with E-state index >= 15 is 0 Å². The molecule has 2 aliphatic rings. The Morgan fingerprint density at radius 3 is 2.32 bits per heavy atom. The van der Waals surface area contributed by atoms with Crippen LogP contribution in [0, 0.1) is 5.92 Å². The third kappa shape index (κ3) is 7.11. The smallest absolute Gasteiger partial charge is 0.229 e. The standard InChI is InChI=1S/C18H32N4O2.HI/c1-3-14-8-10-15(11-9-14)21-18(19-4-2)20-12-13-22-16(23)6-5-7-17(22)24;/h14-15H,3-13H2,1-2H3,(H2,19,20,21);1H. The molecule has 0 aromatic heterocycles. The Bertz CT molecular complexity index is 446. The first-order valence-electron chi connectivity index (χ1n) is 9.52. The predicted molar refractivity (Wildman–Crippen MR) is 111 cm³/mol. The molecule has 2 N–H and O–H groups in total. The summed E-state index contributed by atoms with van der Waals surface area (Å²) in [6.45, 7) is 5.96. The number of carbonyl (C=O) groups is 2. The summed E-state index contributed by atoms with van der Waals surface area (Å²) in [6, 6.07) is 0.476. The lowest BCUT2D eigenvalue weighted by Crippen LogP contribution is -2.46. The van der Waals surface area contributed by atoms with Crippen LogP contribution < -0.4 is 10.6 Å². The number of hydrogen-bond acceptors (Lipinski definition) is 3. The third-order valence-electron chi connectivity index (χ3n) is 5.09. The van der Waals surface area contributed by atoms with Crippen molar-refractivity contribution in [2.24, 2.45) is 10.9 Å². The lowest BCUT2D eigenvalue weighted by atomic mass is 9.84. The van der Waals surface area contributed by atoms with Crippen molar-refractivity contribution in [2.45, 2.75) is 71.3 Å². The summed E-state index contributed by atoms with van der Waals surface area (Å²) < 4.78 is 0. The van der Waals surface area contributed by atoms with E-state index in [4.69, 9.17) is 0 Å². The molecule has 2 amide bonds. The van der Waals surface area contributed by atoms with Gasteiger partial charge in [-0.15, -0.1) is 24.0 Å². The fourth-order valence-corrected chi connectivity index (χ4v) is 3.54. The van der Waals surface area contributed by atoms with E-state index in [1.165, 1.54) is 37.0 Å². The minimum absolute atomic E-state index is 0. The molecular formula is C18H33IN4O2. The second kappa shape index (κ2) is 11.7. The SMILES string of the molecule is CCNC(=NCCN1C(=O)CCCC1=O)NC1CCC(CC)CC1.I. The van der Waals surface area contributed by atoms with Gasteiger partial charge in [0.2, 0.25) is 11.8 Å². The van der Waals surface area contributed by atoms with Gasteiger partial charge in [0.25, 0.3) is 0 Å². The number of rotatable bonds is 6. The normalized spacial score (nSPS) is 24.7. The zero-order chi connectivity index (χ0) is 17.4. The average Bonchev–Trinajstić information content (AvgIpc) is 2.58. The summed E-state index contributed by atoms with van der Waals surface area (Å²) in [5.41, 5.74) is 0. The van der Waals surface area contributed by atoms with Crippen molar-refractivity contribution in [3.63, 3.8) is 0 Å². The molecule has 0 unspecified atom stereocenters. The highest BCUT2D eigenvalue weighted by Crippen LogP contribution is 2.26. The monoisotopic (exact) mass is 464 g/mol. The summed E-state index contributed by atoms with van der Waals surface area (Å²) >= 11 is 0. The van der Waals surface area contributed by atoms with Crippen molar-refractivity contribution >= 4 is 41.8 Å². The van der Waals surface area contributed by atoms with Crippen molar-refractivity contribution in [1.29, 1.82) is 0 Å². The van der Waals surface area contributed by atoms with Crippen LogP contribution in [0.25, 0.3) is 0 Å². The number of halogens is 1. The van der Waals surface area contributed by atoms with Gasteiger partial charge in [0.05, 0.1) is 6.54 Å². The van der Waals surface area contributed by atoms with Gasteiger partial charge in [-0.3, -0.25) is 19.5 Å². The molecule has 0 atom stereocenters. The van der Waals surface area contributed by atoms with Gasteiger partial charge in [-0.2, -0.15) is 0 Å². The molecule has 0 aromatic carbocycles. The van der Waals surface area contributed by atoms with Gasteiger partial charge >= 0.3 is 0 Å². The molecule has 1 aliphatic heterocycles. The van der Waals surface area contributed by atoms with Gasteiger partial charge in [-0.1, -0.05) is 13.3 Å². The molecule has 1 saturated heterocycles. The second-order valence-electron chi connectivity index (χ2n) is 6.82. The Morgan fingerprint density at radius 2 is 1.76 bits per heavy atom. The molecular weight excluding hydrogens is 431 g/mol. The maximum Gasteiger partial charge on any atom is 0.229 e. The number of nitrogens with one attached hydrogen (secondary N) is 2. The number of nitrogens with zero attached hydrogens (tertiary/aromatic N) is 2. The Balaban J connectivity index is 0.00000312. The minimum Gasteiger partial charge on any atom is -0.357 e. The fourth-order valence-electron chi connectivity index (χ4n) is 3.54. The predicted octanol–water partition coefficient (Wildman–Crippen LogP) is 2.67. The third-order valence-corrected chi connectivity index (χ3v) is 5.09. The highest BCUT2D eigenvalue weighted by Gasteiger charge is 2.25. The van der Waals surface area contributed by atoms with Crippen LogP contribution in [0.5, 0.6) is 0 Å². The number of hydrogen-bond donors (Lipinski definition) is 2. The van der Waals surface area contributed by atoms with Crippen molar-refractivity contribution in [3.05, 3.63) is 0 Å². The van der Waals surface area contributed by atoms with E-state index in [-0.39, 0.29) is 35.8 Å². The van der Waals surface area contributed by atoms with Crippen LogP contribution in [0.1, 0.15) is 65.2 Å². The molecule has 2 fully saturated rings. The van der Waals surface area contributed by atoms with Crippen LogP contribution in [0.2, 0.25) is 0 Å². The molecule has 1 aliphatic carbocycles. The topological polar surface area (TPSA) is 73.8 Å². The minimum atomic E-state index is -0.0581. The number of amides is 2. The maximum atomic E-state index is 11.8. The fraction of sp³-hybridized carbons (Fsp3) is 0.833. The van der Waals surface area contributed by atoms with E-state index in [9.17, 15) is 9.59 Å². The van der Waals surface area contributed by atoms with E-state index in [1.807, 2.05) is 6.92 Å². The Labute approximate surface area is 168 Å². The summed E-state index contributed by atoms with van der Waals surface area (Å²) in [4.78, 5) is 29.5. The summed E-state index contributed by atoms with van der Waals surface area (Å²) in [6.07, 6.45) is 7.86. The van der Waals surface area contributed by atoms with Gasteiger partial charge in [0.1, 0.15) is 0 Å². The Hall–Kier alpha value is -0.860.